The van der Waals surface area contributed by atoms with Crippen LogP contribution in [-0.4, -0.2) is 67.7 Å². The number of hydrogen-bond acceptors (Lipinski definition) is 6. The van der Waals surface area contributed by atoms with Crippen LogP contribution >= 0.6 is 0 Å². The van der Waals surface area contributed by atoms with Crippen LogP contribution in [0.25, 0.3) is 0 Å². The van der Waals surface area contributed by atoms with Gasteiger partial charge in [-0.3, -0.25) is 14.7 Å². The number of piperazine rings is 1. The van der Waals surface area contributed by atoms with Crippen LogP contribution in [0.3, 0.4) is 0 Å². The summed E-state index contributed by atoms with van der Waals surface area (Å²) in [5, 5.41) is 0. The first-order valence-electron chi connectivity index (χ1n) is 8.95. The Morgan fingerprint density at radius 2 is 1.70 bits per heavy atom. The van der Waals surface area contributed by atoms with Crippen molar-refractivity contribution < 1.29 is 19.0 Å². The summed E-state index contributed by atoms with van der Waals surface area (Å²) in [7, 11) is 3.12. The molecule has 0 spiro atoms. The third kappa shape index (κ3) is 4.89. The smallest absolute Gasteiger partial charge is 0.260 e. The van der Waals surface area contributed by atoms with Gasteiger partial charge in [0.2, 0.25) is 5.75 Å². The van der Waals surface area contributed by atoms with E-state index in [9.17, 15) is 4.79 Å². The van der Waals surface area contributed by atoms with Gasteiger partial charge in [0.1, 0.15) is 0 Å². The second-order valence-corrected chi connectivity index (χ2v) is 6.26. The number of aromatic nitrogens is 1. The molecule has 0 N–H and O–H groups in total. The van der Waals surface area contributed by atoms with E-state index in [4.69, 9.17) is 14.2 Å². The summed E-state index contributed by atoms with van der Waals surface area (Å²) >= 11 is 0. The van der Waals surface area contributed by atoms with E-state index in [2.05, 4.69) is 9.88 Å². The molecule has 1 aliphatic heterocycles. The minimum Gasteiger partial charge on any atom is -0.493 e. The van der Waals surface area contributed by atoms with Gasteiger partial charge in [-0.1, -0.05) is 12.1 Å². The molecule has 0 radical (unpaired) electrons. The van der Waals surface area contributed by atoms with E-state index in [0.717, 1.165) is 25.3 Å². The molecule has 0 atom stereocenters. The second-order valence-electron chi connectivity index (χ2n) is 6.26. The Labute approximate surface area is 159 Å². The average Bonchev–Trinajstić information content (AvgIpc) is 2.73. The number of carbonyl (C=O) groups excluding carboxylic acids is 1. The van der Waals surface area contributed by atoms with Crippen molar-refractivity contribution in [3.8, 4) is 17.2 Å². The van der Waals surface area contributed by atoms with Crippen LogP contribution < -0.4 is 14.2 Å². The normalized spacial score (nSPS) is 14.7. The third-order valence-electron chi connectivity index (χ3n) is 4.56. The van der Waals surface area contributed by atoms with Crippen molar-refractivity contribution in [2.24, 2.45) is 0 Å². The standard InChI is InChI=1S/C20H25N3O4/c1-25-17-7-5-8-18(26-2)20(17)27-15-19(24)23-12-10-22(11-13-23)14-16-6-3-4-9-21-16/h3-9H,10-15H2,1-2H3. The van der Waals surface area contributed by atoms with Gasteiger partial charge in [-0.25, -0.2) is 0 Å². The number of carbonyl (C=O) groups is 1. The Morgan fingerprint density at radius 3 is 2.30 bits per heavy atom. The molecule has 1 amide bonds. The summed E-state index contributed by atoms with van der Waals surface area (Å²) in [6.07, 6.45) is 1.80. The number of pyridine rings is 1. The molecule has 1 aliphatic rings. The highest BCUT2D eigenvalue weighted by Crippen LogP contribution is 2.36. The quantitative estimate of drug-likeness (QED) is 0.740. The van der Waals surface area contributed by atoms with Gasteiger partial charge < -0.3 is 19.1 Å². The first kappa shape index (κ1) is 19.0. The minimum atomic E-state index is -0.0447. The topological polar surface area (TPSA) is 64.1 Å². The van der Waals surface area contributed by atoms with Gasteiger partial charge in [-0.15, -0.1) is 0 Å². The van der Waals surface area contributed by atoms with Crippen molar-refractivity contribution >= 4 is 5.91 Å². The van der Waals surface area contributed by atoms with Crippen LogP contribution in [0, 0.1) is 0 Å². The van der Waals surface area contributed by atoms with E-state index in [1.165, 1.54) is 0 Å². The minimum absolute atomic E-state index is 0.0413. The van der Waals surface area contributed by atoms with Crippen LogP contribution in [-0.2, 0) is 11.3 Å². The lowest BCUT2D eigenvalue weighted by atomic mass is 10.2. The number of para-hydroxylation sites is 1. The van der Waals surface area contributed by atoms with E-state index in [1.54, 1.807) is 32.5 Å². The second kappa shape index (κ2) is 9.23. The predicted octanol–water partition coefficient (Wildman–Crippen LogP) is 1.82. The lowest BCUT2D eigenvalue weighted by Gasteiger charge is -2.34. The summed E-state index contributed by atoms with van der Waals surface area (Å²) in [5.41, 5.74) is 1.05. The molecule has 27 heavy (non-hydrogen) atoms. The summed E-state index contributed by atoms with van der Waals surface area (Å²) in [6.45, 7) is 3.76. The van der Waals surface area contributed by atoms with Gasteiger partial charge in [-0.05, 0) is 24.3 Å². The third-order valence-corrected chi connectivity index (χ3v) is 4.56. The lowest BCUT2D eigenvalue weighted by molar-refractivity contribution is -0.135. The zero-order chi connectivity index (χ0) is 19.1. The zero-order valence-corrected chi connectivity index (χ0v) is 15.8. The molecular formula is C20H25N3O4. The summed E-state index contributed by atoms with van der Waals surface area (Å²) in [5.74, 6) is 1.50. The molecule has 7 nitrogen and oxygen atoms in total. The molecule has 144 valence electrons. The SMILES string of the molecule is COc1cccc(OC)c1OCC(=O)N1CCN(Cc2ccccn2)CC1. The molecule has 0 saturated carbocycles. The van der Waals surface area contributed by atoms with E-state index in [1.807, 2.05) is 29.2 Å². The van der Waals surface area contributed by atoms with E-state index < -0.39 is 0 Å². The Balaban J connectivity index is 1.50. The van der Waals surface area contributed by atoms with Crippen molar-refractivity contribution in [2.45, 2.75) is 6.54 Å². The Hall–Kier alpha value is -2.80. The summed E-state index contributed by atoms with van der Waals surface area (Å²) in [6, 6.07) is 11.3. The van der Waals surface area contributed by atoms with Crippen molar-refractivity contribution in [3.63, 3.8) is 0 Å². The van der Waals surface area contributed by atoms with Crippen LogP contribution in [0.2, 0.25) is 0 Å². The number of methoxy groups -OCH3 is 2. The molecular weight excluding hydrogens is 346 g/mol. The molecule has 2 heterocycles. The summed E-state index contributed by atoms with van der Waals surface area (Å²) < 4.78 is 16.3. The highest BCUT2D eigenvalue weighted by atomic mass is 16.5. The van der Waals surface area contributed by atoms with Crippen LogP contribution in [0.5, 0.6) is 17.2 Å². The molecule has 1 saturated heterocycles. The van der Waals surface area contributed by atoms with Crippen molar-refractivity contribution in [2.75, 3.05) is 47.0 Å². The highest BCUT2D eigenvalue weighted by Gasteiger charge is 2.22. The average molecular weight is 371 g/mol. The van der Waals surface area contributed by atoms with E-state index in [-0.39, 0.29) is 12.5 Å². The van der Waals surface area contributed by atoms with E-state index in [0.29, 0.717) is 30.3 Å². The van der Waals surface area contributed by atoms with Gasteiger partial charge in [0.05, 0.1) is 19.9 Å². The number of nitrogens with zero attached hydrogens (tertiary/aromatic N) is 3. The lowest BCUT2D eigenvalue weighted by Crippen LogP contribution is -2.49. The Morgan fingerprint density at radius 1 is 1.00 bits per heavy atom. The molecule has 1 aromatic heterocycles. The fourth-order valence-corrected chi connectivity index (χ4v) is 3.06. The maximum Gasteiger partial charge on any atom is 0.260 e. The van der Waals surface area contributed by atoms with E-state index >= 15 is 0 Å². The predicted molar refractivity (Wildman–Crippen MR) is 101 cm³/mol. The molecule has 0 unspecified atom stereocenters. The first-order valence-corrected chi connectivity index (χ1v) is 8.95. The van der Waals surface area contributed by atoms with Gasteiger partial charge in [0, 0.05) is 38.9 Å². The molecule has 7 heteroatoms. The fourth-order valence-electron chi connectivity index (χ4n) is 3.06. The highest BCUT2D eigenvalue weighted by molar-refractivity contribution is 5.78. The molecule has 1 aromatic carbocycles. The van der Waals surface area contributed by atoms with Crippen LogP contribution in [0.1, 0.15) is 5.69 Å². The first-order chi connectivity index (χ1) is 13.2. The van der Waals surface area contributed by atoms with Gasteiger partial charge in [0.15, 0.2) is 18.1 Å². The van der Waals surface area contributed by atoms with Crippen molar-refractivity contribution in [1.29, 1.82) is 0 Å². The molecule has 3 rings (SSSR count). The fraction of sp³-hybridized carbons (Fsp3) is 0.400. The van der Waals surface area contributed by atoms with Gasteiger partial charge >= 0.3 is 0 Å². The molecule has 0 aliphatic carbocycles. The van der Waals surface area contributed by atoms with Crippen molar-refractivity contribution in [1.82, 2.24) is 14.8 Å². The maximum atomic E-state index is 12.5. The Bertz CT molecular complexity index is 724. The molecule has 2 aromatic rings. The number of benzene rings is 1. The number of hydrogen-bond donors (Lipinski definition) is 0. The largest absolute Gasteiger partial charge is 0.493 e. The number of ether oxygens (including phenoxy) is 3. The van der Waals surface area contributed by atoms with Crippen LogP contribution in [0.4, 0.5) is 0 Å². The van der Waals surface area contributed by atoms with Gasteiger partial charge in [0.25, 0.3) is 5.91 Å². The van der Waals surface area contributed by atoms with Crippen molar-refractivity contribution in [3.05, 3.63) is 48.3 Å². The van der Waals surface area contributed by atoms with Gasteiger partial charge in [-0.2, -0.15) is 0 Å². The Kier molecular flexibility index (Phi) is 6.49. The number of amides is 1. The molecule has 1 fully saturated rings. The zero-order valence-electron chi connectivity index (χ0n) is 15.8. The van der Waals surface area contributed by atoms with Crippen LogP contribution in [0.15, 0.2) is 42.6 Å². The molecule has 0 bridgehead atoms. The summed E-state index contributed by atoms with van der Waals surface area (Å²) in [4.78, 5) is 21.0. The number of rotatable bonds is 7. The maximum absolute atomic E-state index is 12.5. The monoisotopic (exact) mass is 371 g/mol.